The van der Waals surface area contributed by atoms with Crippen LogP contribution in [0.2, 0.25) is 5.02 Å². The average molecular weight is 317 g/mol. The Kier molecular flexibility index (Phi) is 4.39. The Morgan fingerprint density at radius 3 is 2.45 bits per heavy atom. The van der Waals surface area contributed by atoms with Crippen molar-refractivity contribution >= 4 is 17.3 Å². The zero-order valence-corrected chi connectivity index (χ0v) is 13.3. The van der Waals surface area contributed by atoms with E-state index in [0.717, 1.165) is 25.2 Å². The minimum atomic E-state index is -0.873. The van der Waals surface area contributed by atoms with Crippen molar-refractivity contribution in [2.45, 2.75) is 25.0 Å². The third kappa shape index (κ3) is 3.27. The van der Waals surface area contributed by atoms with Gasteiger partial charge in [0, 0.05) is 35.9 Å². The predicted octanol–water partition coefficient (Wildman–Crippen LogP) is 3.41. The Hall–Kier alpha value is -1.55. The Balaban J connectivity index is 1.69. The molecule has 3 N–H and O–H groups in total. The van der Waals surface area contributed by atoms with Gasteiger partial charge in [-0.1, -0.05) is 41.9 Å². The summed E-state index contributed by atoms with van der Waals surface area (Å²) < 4.78 is 0. The van der Waals surface area contributed by atoms with E-state index in [0.29, 0.717) is 23.6 Å². The van der Waals surface area contributed by atoms with Crippen molar-refractivity contribution in [1.29, 1.82) is 0 Å². The van der Waals surface area contributed by atoms with E-state index in [1.807, 2.05) is 6.07 Å². The molecule has 0 radical (unpaired) electrons. The minimum Gasteiger partial charge on any atom is -0.398 e. The number of benzene rings is 2. The molecule has 1 saturated heterocycles. The number of hydrogen-bond donors (Lipinski definition) is 2. The number of nitrogens with zero attached hydrogens (tertiary/aromatic N) is 1. The van der Waals surface area contributed by atoms with Crippen LogP contribution in [0.25, 0.3) is 0 Å². The molecule has 0 spiro atoms. The van der Waals surface area contributed by atoms with Crippen molar-refractivity contribution in [3.8, 4) is 0 Å². The molecule has 0 bridgehead atoms. The molecular weight excluding hydrogens is 296 g/mol. The minimum absolute atomic E-state index is 0.614. The number of piperidine rings is 1. The monoisotopic (exact) mass is 316 g/mol. The average Bonchev–Trinajstić information content (AvgIpc) is 2.53. The van der Waals surface area contributed by atoms with Gasteiger partial charge in [0.2, 0.25) is 0 Å². The van der Waals surface area contributed by atoms with Crippen molar-refractivity contribution < 1.29 is 5.11 Å². The van der Waals surface area contributed by atoms with Crippen molar-refractivity contribution in [2.24, 2.45) is 0 Å². The normalized spacial score (nSPS) is 18.3. The first-order valence-electron chi connectivity index (χ1n) is 7.61. The molecular formula is C18H21ClN2O. The first-order chi connectivity index (χ1) is 10.6. The van der Waals surface area contributed by atoms with E-state index in [4.69, 9.17) is 17.3 Å². The second-order valence-corrected chi connectivity index (χ2v) is 6.46. The summed E-state index contributed by atoms with van der Waals surface area (Å²) in [6.45, 7) is 2.61. The first-order valence-corrected chi connectivity index (χ1v) is 7.99. The smallest absolute Gasteiger partial charge is 0.0941 e. The lowest BCUT2D eigenvalue weighted by atomic mass is 9.83. The Bertz CT molecular complexity index is 637. The molecule has 1 aliphatic rings. The van der Waals surface area contributed by atoms with Crippen LogP contribution in [0.5, 0.6) is 0 Å². The fraction of sp³-hybridized carbons (Fsp3) is 0.333. The summed E-state index contributed by atoms with van der Waals surface area (Å²) in [6.07, 6.45) is 1.34. The molecule has 3 nitrogen and oxygen atoms in total. The Morgan fingerprint density at radius 1 is 1.09 bits per heavy atom. The van der Waals surface area contributed by atoms with E-state index in [1.54, 1.807) is 18.2 Å². The van der Waals surface area contributed by atoms with Crippen molar-refractivity contribution in [3.63, 3.8) is 0 Å². The van der Waals surface area contributed by atoms with E-state index >= 15 is 0 Å². The van der Waals surface area contributed by atoms with Crippen LogP contribution >= 0.6 is 11.6 Å². The van der Waals surface area contributed by atoms with Gasteiger partial charge in [0.25, 0.3) is 0 Å². The van der Waals surface area contributed by atoms with Gasteiger partial charge in [0.05, 0.1) is 5.60 Å². The fourth-order valence-electron chi connectivity index (χ4n) is 3.12. The zero-order chi connectivity index (χ0) is 15.6. The van der Waals surface area contributed by atoms with Crippen LogP contribution < -0.4 is 5.73 Å². The van der Waals surface area contributed by atoms with Gasteiger partial charge in [0.1, 0.15) is 0 Å². The summed E-state index contributed by atoms with van der Waals surface area (Å²) in [5.74, 6) is 0. The maximum atomic E-state index is 11.0. The molecule has 4 heteroatoms. The first kappa shape index (κ1) is 15.3. The summed E-state index contributed by atoms with van der Waals surface area (Å²) in [7, 11) is 0. The second-order valence-electron chi connectivity index (χ2n) is 6.02. The number of hydrogen-bond acceptors (Lipinski definition) is 3. The van der Waals surface area contributed by atoms with Crippen LogP contribution in [0.3, 0.4) is 0 Å². The van der Waals surface area contributed by atoms with Gasteiger partial charge in [-0.3, -0.25) is 4.90 Å². The van der Waals surface area contributed by atoms with Crippen LogP contribution in [0, 0.1) is 0 Å². The topological polar surface area (TPSA) is 49.5 Å². The lowest BCUT2D eigenvalue weighted by Gasteiger charge is -2.39. The largest absolute Gasteiger partial charge is 0.398 e. The fourth-order valence-corrected chi connectivity index (χ4v) is 3.30. The highest BCUT2D eigenvalue weighted by Crippen LogP contribution is 2.37. The van der Waals surface area contributed by atoms with Gasteiger partial charge >= 0.3 is 0 Å². The van der Waals surface area contributed by atoms with Gasteiger partial charge in [-0.05, 0) is 36.6 Å². The molecule has 0 aliphatic carbocycles. The summed E-state index contributed by atoms with van der Waals surface area (Å²) in [5, 5.41) is 11.6. The van der Waals surface area contributed by atoms with Crippen LogP contribution in [0.4, 0.5) is 5.69 Å². The van der Waals surface area contributed by atoms with E-state index in [-0.39, 0.29) is 0 Å². The Labute approximate surface area is 136 Å². The van der Waals surface area contributed by atoms with Gasteiger partial charge in [-0.2, -0.15) is 0 Å². The molecule has 116 valence electrons. The highest BCUT2D eigenvalue weighted by molar-refractivity contribution is 6.30. The van der Waals surface area contributed by atoms with E-state index in [1.165, 1.54) is 5.56 Å². The zero-order valence-electron chi connectivity index (χ0n) is 12.5. The lowest BCUT2D eigenvalue weighted by molar-refractivity contribution is -0.0271. The summed E-state index contributed by atoms with van der Waals surface area (Å²) in [6, 6.07) is 15.7. The summed E-state index contributed by atoms with van der Waals surface area (Å²) in [4.78, 5) is 2.37. The number of nitrogen functional groups attached to an aromatic ring is 1. The number of aliphatic hydroxyl groups is 1. The SMILES string of the molecule is Nc1ccc(Cl)cc1C1(O)CCN(Cc2ccccc2)CC1. The summed E-state index contributed by atoms with van der Waals surface area (Å²) >= 11 is 6.06. The standard InChI is InChI=1S/C18H21ClN2O/c19-15-6-7-17(20)16(12-15)18(22)8-10-21(11-9-18)13-14-4-2-1-3-5-14/h1-7,12,22H,8-11,13,20H2. The molecule has 1 aliphatic heterocycles. The van der Waals surface area contributed by atoms with Gasteiger partial charge < -0.3 is 10.8 Å². The Morgan fingerprint density at radius 2 is 1.77 bits per heavy atom. The van der Waals surface area contributed by atoms with Gasteiger partial charge in [-0.15, -0.1) is 0 Å². The van der Waals surface area contributed by atoms with Crippen molar-refractivity contribution in [1.82, 2.24) is 4.90 Å². The molecule has 0 aromatic heterocycles. The van der Waals surface area contributed by atoms with E-state index in [9.17, 15) is 5.11 Å². The number of nitrogens with two attached hydrogens (primary N) is 1. The number of halogens is 1. The van der Waals surface area contributed by atoms with Crippen LogP contribution in [-0.4, -0.2) is 23.1 Å². The van der Waals surface area contributed by atoms with Gasteiger partial charge in [0.15, 0.2) is 0 Å². The third-order valence-corrected chi connectivity index (χ3v) is 4.68. The summed E-state index contributed by atoms with van der Waals surface area (Å²) in [5.41, 5.74) is 7.84. The van der Waals surface area contributed by atoms with Crippen LogP contribution in [0.1, 0.15) is 24.0 Å². The molecule has 0 amide bonds. The quantitative estimate of drug-likeness (QED) is 0.853. The van der Waals surface area contributed by atoms with E-state index in [2.05, 4.69) is 29.2 Å². The van der Waals surface area contributed by atoms with Crippen LogP contribution in [-0.2, 0) is 12.1 Å². The molecule has 0 atom stereocenters. The molecule has 0 unspecified atom stereocenters. The maximum Gasteiger partial charge on any atom is 0.0941 e. The molecule has 22 heavy (non-hydrogen) atoms. The molecule has 1 fully saturated rings. The number of rotatable bonds is 3. The predicted molar refractivity (Wildman–Crippen MR) is 90.7 cm³/mol. The molecule has 0 saturated carbocycles. The molecule has 2 aromatic rings. The third-order valence-electron chi connectivity index (χ3n) is 4.45. The van der Waals surface area contributed by atoms with Crippen LogP contribution in [0.15, 0.2) is 48.5 Å². The van der Waals surface area contributed by atoms with Crippen molar-refractivity contribution in [3.05, 3.63) is 64.7 Å². The molecule has 2 aromatic carbocycles. The number of likely N-dealkylation sites (tertiary alicyclic amines) is 1. The number of anilines is 1. The van der Waals surface area contributed by atoms with E-state index < -0.39 is 5.60 Å². The molecule has 1 heterocycles. The second kappa shape index (κ2) is 6.29. The van der Waals surface area contributed by atoms with Crippen molar-refractivity contribution in [2.75, 3.05) is 18.8 Å². The molecule has 3 rings (SSSR count). The lowest BCUT2D eigenvalue weighted by Crippen LogP contribution is -2.42. The highest BCUT2D eigenvalue weighted by Gasteiger charge is 2.35. The maximum absolute atomic E-state index is 11.0. The van der Waals surface area contributed by atoms with Gasteiger partial charge in [-0.25, -0.2) is 0 Å². The highest BCUT2D eigenvalue weighted by atomic mass is 35.5.